The minimum atomic E-state index is -4.17. The molecule has 0 N–H and O–H groups in total. The van der Waals surface area contributed by atoms with Crippen LogP contribution in [-0.2, 0) is 4.74 Å². The predicted octanol–water partition coefficient (Wildman–Crippen LogP) is 2.67. The van der Waals surface area contributed by atoms with Crippen LogP contribution in [0.2, 0.25) is 0 Å². The summed E-state index contributed by atoms with van der Waals surface area (Å²) in [7, 11) is 1.72. The molecule has 2 nitrogen and oxygen atoms in total. The van der Waals surface area contributed by atoms with Crippen molar-refractivity contribution in [1.82, 2.24) is 4.90 Å². The minimum Gasteiger partial charge on any atom is -0.381 e. The average molecular weight is 304 g/mol. The quantitative estimate of drug-likeness (QED) is 0.741. The lowest BCUT2D eigenvalue weighted by Crippen LogP contribution is -2.39. The molecule has 0 aliphatic carbocycles. The molecule has 16 heavy (non-hydrogen) atoms. The Balaban J connectivity index is 2.26. The second kappa shape index (κ2) is 6.21. The van der Waals surface area contributed by atoms with Crippen LogP contribution >= 0.6 is 15.9 Å². The normalized spacial score (nSPS) is 24.8. The zero-order chi connectivity index (χ0) is 12.2. The molecule has 0 aromatic heterocycles. The summed E-state index contributed by atoms with van der Waals surface area (Å²) in [6, 6.07) is 0. The van der Waals surface area contributed by atoms with E-state index < -0.39 is 11.0 Å². The molecule has 6 heteroatoms. The number of ether oxygens (including phenoxy) is 1. The van der Waals surface area contributed by atoms with Crippen molar-refractivity contribution >= 4 is 15.9 Å². The molecular formula is C10H17BrF3NO. The lowest BCUT2D eigenvalue weighted by atomic mass is 10.0. The molecule has 96 valence electrons. The third kappa shape index (κ3) is 5.01. The number of nitrogens with zero attached hydrogens (tertiary/aromatic N) is 1. The van der Waals surface area contributed by atoms with Crippen LogP contribution in [0.25, 0.3) is 0 Å². The van der Waals surface area contributed by atoms with Gasteiger partial charge >= 0.3 is 6.18 Å². The highest BCUT2D eigenvalue weighted by atomic mass is 79.9. The number of rotatable bonds is 4. The Morgan fingerprint density at radius 3 is 2.69 bits per heavy atom. The van der Waals surface area contributed by atoms with Crippen LogP contribution in [0.1, 0.15) is 12.8 Å². The van der Waals surface area contributed by atoms with Crippen LogP contribution in [-0.4, -0.2) is 49.3 Å². The maximum atomic E-state index is 12.3. The summed E-state index contributed by atoms with van der Waals surface area (Å²) in [5, 5.41) is 0. The molecule has 0 spiro atoms. The third-order valence-corrected chi connectivity index (χ3v) is 3.46. The Morgan fingerprint density at radius 1 is 1.50 bits per heavy atom. The Bertz CT molecular complexity index is 207. The Labute approximate surface area is 102 Å². The highest BCUT2D eigenvalue weighted by Crippen LogP contribution is 2.27. The van der Waals surface area contributed by atoms with Gasteiger partial charge in [-0.05, 0) is 25.8 Å². The lowest BCUT2D eigenvalue weighted by molar-refractivity contribution is -0.130. The molecule has 2 atom stereocenters. The summed E-state index contributed by atoms with van der Waals surface area (Å²) in [5.74, 6) is 0.367. The molecule has 0 radical (unpaired) electrons. The van der Waals surface area contributed by atoms with Crippen LogP contribution in [0.5, 0.6) is 0 Å². The number of alkyl halides is 4. The van der Waals surface area contributed by atoms with Crippen molar-refractivity contribution in [3.8, 4) is 0 Å². The van der Waals surface area contributed by atoms with E-state index in [9.17, 15) is 13.2 Å². The van der Waals surface area contributed by atoms with Crippen LogP contribution < -0.4 is 0 Å². The van der Waals surface area contributed by atoms with Gasteiger partial charge in [0.2, 0.25) is 0 Å². The fourth-order valence-corrected chi connectivity index (χ4v) is 2.34. The van der Waals surface area contributed by atoms with E-state index in [2.05, 4.69) is 15.9 Å². The second-order valence-electron chi connectivity index (χ2n) is 4.31. The SMILES string of the molecule is CN(CC1CCCOC1)CC(Br)C(F)(F)F. The molecular weight excluding hydrogens is 287 g/mol. The van der Waals surface area contributed by atoms with E-state index in [1.165, 1.54) is 0 Å². The summed E-state index contributed by atoms with van der Waals surface area (Å²) in [6.07, 6.45) is -2.11. The highest BCUT2D eigenvalue weighted by molar-refractivity contribution is 9.09. The number of hydrogen-bond donors (Lipinski definition) is 0. The first kappa shape index (κ1) is 14.3. The van der Waals surface area contributed by atoms with Crippen molar-refractivity contribution in [2.45, 2.75) is 23.8 Å². The molecule has 0 aromatic rings. The summed E-state index contributed by atoms with van der Waals surface area (Å²) >= 11 is 2.67. The second-order valence-corrected chi connectivity index (χ2v) is 5.42. The van der Waals surface area contributed by atoms with E-state index in [0.717, 1.165) is 19.4 Å². The van der Waals surface area contributed by atoms with Gasteiger partial charge in [0.05, 0.1) is 6.61 Å². The molecule has 1 rings (SSSR count). The molecule has 1 saturated heterocycles. The maximum absolute atomic E-state index is 12.3. The van der Waals surface area contributed by atoms with Crippen LogP contribution in [0, 0.1) is 5.92 Å². The van der Waals surface area contributed by atoms with Gasteiger partial charge in [0.1, 0.15) is 4.83 Å². The summed E-state index contributed by atoms with van der Waals surface area (Å²) in [5.41, 5.74) is 0. The summed E-state index contributed by atoms with van der Waals surface area (Å²) in [6.45, 7) is 2.10. The molecule has 0 aromatic carbocycles. The average Bonchev–Trinajstić information content (AvgIpc) is 2.17. The van der Waals surface area contributed by atoms with Crippen molar-refractivity contribution in [3.63, 3.8) is 0 Å². The molecule has 1 fully saturated rings. The first-order chi connectivity index (χ1) is 7.39. The van der Waals surface area contributed by atoms with Gasteiger partial charge in [-0.1, -0.05) is 15.9 Å². The predicted molar refractivity (Wildman–Crippen MR) is 59.8 cm³/mol. The maximum Gasteiger partial charge on any atom is 0.402 e. The standard InChI is InChI=1S/C10H17BrF3NO/c1-15(6-9(11)10(12,13)14)5-8-3-2-4-16-7-8/h8-9H,2-7H2,1H3. The zero-order valence-electron chi connectivity index (χ0n) is 9.26. The van der Waals surface area contributed by atoms with Crippen molar-refractivity contribution in [3.05, 3.63) is 0 Å². The van der Waals surface area contributed by atoms with Gasteiger partial charge < -0.3 is 9.64 Å². The number of halogens is 4. The minimum absolute atomic E-state index is 0.0139. The van der Waals surface area contributed by atoms with E-state index in [-0.39, 0.29) is 6.54 Å². The molecule has 0 bridgehead atoms. The van der Waals surface area contributed by atoms with E-state index in [4.69, 9.17) is 4.74 Å². The van der Waals surface area contributed by atoms with Gasteiger partial charge in [-0.25, -0.2) is 0 Å². The van der Waals surface area contributed by atoms with Gasteiger partial charge in [-0.15, -0.1) is 0 Å². The Morgan fingerprint density at radius 2 is 2.19 bits per heavy atom. The van der Waals surface area contributed by atoms with Crippen molar-refractivity contribution in [2.24, 2.45) is 5.92 Å². The largest absolute Gasteiger partial charge is 0.402 e. The van der Waals surface area contributed by atoms with Gasteiger partial charge in [0, 0.05) is 19.7 Å². The first-order valence-corrected chi connectivity index (χ1v) is 6.28. The van der Waals surface area contributed by atoms with Gasteiger partial charge in [-0.2, -0.15) is 13.2 Å². The highest BCUT2D eigenvalue weighted by Gasteiger charge is 2.38. The van der Waals surface area contributed by atoms with Crippen LogP contribution in [0.3, 0.4) is 0 Å². The summed E-state index contributed by atoms with van der Waals surface area (Å²) in [4.78, 5) is 0.265. The fraction of sp³-hybridized carbons (Fsp3) is 1.00. The van der Waals surface area contributed by atoms with Gasteiger partial charge in [-0.3, -0.25) is 0 Å². The van der Waals surface area contributed by atoms with Crippen molar-refractivity contribution < 1.29 is 17.9 Å². The first-order valence-electron chi connectivity index (χ1n) is 5.36. The number of hydrogen-bond acceptors (Lipinski definition) is 2. The van der Waals surface area contributed by atoms with E-state index in [1.54, 1.807) is 11.9 Å². The van der Waals surface area contributed by atoms with E-state index >= 15 is 0 Å². The van der Waals surface area contributed by atoms with Crippen LogP contribution in [0.15, 0.2) is 0 Å². The van der Waals surface area contributed by atoms with Gasteiger partial charge in [0.25, 0.3) is 0 Å². The molecule has 1 aliphatic rings. The fourth-order valence-electron chi connectivity index (χ4n) is 1.84. The smallest absolute Gasteiger partial charge is 0.381 e. The molecule has 0 amide bonds. The van der Waals surface area contributed by atoms with Crippen molar-refractivity contribution in [1.29, 1.82) is 0 Å². The molecule has 1 aliphatic heterocycles. The third-order valence-electron chi connectivity index (χ3n) is 2.65. The Hall–Kier alpha value is 0.190. The molecule has 0 saturated carbocycles. The van der Waals surface area contributed by atoms with Gasteiger partial charge in [0.15, 0.2) is 0 Å². The van der Waals surface area contributed by atoms with E-state index in [1.807, 2.05) is 0 Å². The lowest BCUT2D eigenvalue weighted by Gasteiger charge is -2.28. The Kier molecular flexibility index (Phi) is 5.53. The van der Waals surface area contributed by atoms with Crippen molar-refractivity contribution in [2.75, 3.05) is 33.4 Å². The monoisotopic (exact) mass is 303 g/mol. The summed E-state index contributed by atoms with van der Waals surface area (Å²) < 4.78 is 42.2. The van der Waals surface area contributed by atoms with Crippen LogP contribution in [0.4, 0.5) is 13.2 Å². The molecule has 2 unspecified atom stereocenters. The molecule has 1 heterocycles. The van der Waals surface area contributed by atoms with E-state index in [0.29, 0.717) is 19.1 Å². The zero-order valence-corrected chi connectivity index (χ0v) is 10.9. The topological polar surface area (TPSA) is 12.5 Å².